The fourth-order valence-electron chi connectivity index (χ4n) is 2.67. The highest BCUT2D eigenvalue weighted by molar-refractivity contribution is 7.89. The largest absolute Gasteiger partial charge is 0.342 e. The van der Waals surface area contributed by atoms with Gasteiger partial charge in [0.2, 0.25) is 10.0 Å². The Labute approximate surface area is 142 Å². The smallest absolute Gasteiger partial charge is 0.211 e. The number of H-pyrrole nitrogens is 1. The van der Waals surface area contributed by atoms with Gasteiger partial charge in [-0.3, -0.25) is 0 Å². The van der Waals surface area contributed by atoms with E-state index in [1.165, 1.54) is 0 Å². The number of nitrogens with zero attached hydrogens (tertiary/aromatic N) is 1. The van der Waals surface area contributed by atoms with E-state index in [1.54, 1.807) is 0 Å². The third-order valence-electron chi connectivity index (χ3n) is 3.88. The number of aromatic nitrogens is 2. The van der Waals surface area contributed by atoms with Crippen molar-refractivity contribution in [3.63, 3.8) is 0 Å². The normalized spacial score (nSPS) is 11.9. The molecule has 0 radical (unpaired) electrons. The minimum Gasteiger partial charge on any atom is -0.342 e. The quantitative estimate of drug-likeness (QED) is 0.692. The van der Waals surface area contributed by atoms with Crippen molar-refractivity contribution in [2.45, 2.75) is 26.3 Å². The maximum absolute atomic E-state index is 12.1. The minimum absolute atomic E-state index is 0.132. The van der Waals surface area contributed by atoms with Gasteiger partial charge in [-0.1, -0.05) is 36.4 Å². The van der Waals surface area contributed by atoms with Gasteiger partial charge in [0.05, 0.1) is 16.8 Å². The third-order valence-corrected chi connectivity index (χ3v) is 5.29. The molecule has 0 aliphatic heterocycles. The summed E-state index contributed by atoms with van der Waals surface area (Å²) in [6.07, 6.45) is 1.37. The van der Waals surface area contributed by atoms with Crippen LogP contribution in [0.15, 0.2) is 48.5 Å². The van der Waals surface area contributed by atoms with E-state index in [-0.39, 0.29) is 5.75 Å². The fourth-order valence-corrected chi connectivity index (χ4v) is 3.73. The third kappa shape index (κ3) is 4.43. The van der Waals surface area contributed by atoms with E-state index in [4.69, 9.17) is 0 Å². The van der Waals surface area contributed by atoms with Crippen LogP contribution < -0.4 is 4.72 Å². The summed E-state index contributed by atoms with van der Waals surface area (Å²) in [4.78, 5) is 7.50. The van der Waals surface area contributed by atoms with Gasteiger partial charge in [0, 0.05) is 6.54 Å². The first kappa shape index (κ1) is 16.7. The summed E-state index contributed by atoms with van der Waals surface area (Å²) >= 11 is 0. The van der Waals surface area contributed by atoms with Crippen LogP contribution >= 0.6 is 0 Å². The summed E-state index contributed by atoms with van der Waals surface area (Å²) in [5, 5.41) is 0. The Kier molecular flexibility index (Phi) is 4.97. The molecule has 0 saturated heterocycles. The van der Waals surface area contributed by atoms with Gasteiger partial charge in [0.25, 0.3) is 0 Å². The molecule has 3 aromatic rings. The zero-order chi connectivity index (χ0) is 17.0. The summed E-state index contributed by atoms with van der Waals surface area (Å²) < 4.78 is 26.9. The summed E-state index contributed by atoms with van der Waals surface area (Å²) in [7, 11) is -3.27. The monoisotopic (exact) mass is 343 g/mol. The number of rotatable bonds is 7. The first-order valence-electron chi connectivity index (χ1n) is 7.98. The molecule has 126 valence electrons. The van der Waals surface area contributed by atoms with E-state index in [0.29, 0.717) is 13.0 Å². The van der Waals surface area contributed by atoms with Gasteiger partial charge < -0.3 is 4.98 Å². The maximum Gasteiger partial charge on any atom is 0.211 e. The number of nitrogens with one attached hydrogen (secondary N) is 2. The Hall–Kier alpha value is -2.18. The second kappa shape index (κ2) is 7.15. The van der Waals surface area contributed by atoms with Crippen molar-refractivity contribution in [3.05, 3.63) is 65.5 Å². The van der Waals surface area contributed by atoms with E-state index < -0.39 is 10.0 Å². The molecule has 2 aromatic carbocycles. The van der Waals surface area contributed by atoms with Gasteiger partial charge in [-0.15, -0.1) is 0 Å². The summed E-state index contributed by atoms with van der Waals surface area (Å²) in [6, 6.07) is 15.7. The number of benzene rings is 2. The molecule has 2 N–H and O–H groups in total. The van der Waals surface area contributed by atoms with Crippen LogP contribution in [0.4, 0.5) is 0 Å². The van der Waals surface area contributed by atoms with E-state index >= 15 is 0 Å². The van der Waals surface area contributed by atoms with Crippen molar-refractivity contribution in [3.8, 4) is 0 Å². The second-order valence-electron chi connectivity index (χ2n) is 5.90. The summed E-state index contributed by atoms with van der Waals surface area (Å²) in [5.74, 6) is 0.983. The molecule has 0 amide bonds. The molecule has 0 aliphatic rings. The van der Waals surface area contributed by atoms with Crippen molar-refractivity contribution in [2.75, 3.05) is 5.75 Å². The summed E-state index contributed by atoms with van der Waals surface area (Å²) in [6.45, 7) is 2.19. The van der Waals surface area contributed by atoms with Gasteiger partial charge in [-0.25, -0.2) is 18.1 Å². The van der Waals surface area contributed by atoms with Crippen LogP contribution in [0.25, 0.3) is 11.0 Å². The number of aromatic amines is 1. The lowest BCUT2D eigenvalue weighted by atomic mass is 10.1. The fraction of sp³-hybridized carbons (Fsp3) is 0.278. The molecule has 0 fully saturated rings. The minimum atomic E-state index is -3.27. The Morgan fingerprint density at radius 1 is 1.08 bits per heavy atom. The second-order valence-corrected chi connectivity index (χ2v) is 7.83. The Morgan fingerprint density at radius 2 is 1.88 bits per heavy atom. The van der Waals surface area contributed by atoms with Crippen molar-refractivity contribution in [1.82, 2.24) is 14.7 Å². The maximum atomic E-state index is 12.1. The molecule has 0 unspecified atom stereocenters. The molecular weight excluding hydrogens is 322 g/mol. The lowest BCUT2D eigenvalue weighted by Gasteiger charge is -2.07. The Morgan fingerprint density at radius 3 is 2.67 bits per heavy atom. The van der Waals surface area contributed by atoms with Crippen LogP contribution in [0.5, 0.6) is 0 Å². The molecule has 6 heteroatoms. The van der Waals surface area contributed by atoms with E-state index in [2.05, 4.69) is 14.7 Å². The van der Waals surface area contributed by atoms with Gasteiger partial charge in [-0.05, 0) is 43.0 Å². The van der Waals surface area contributed by atoms with Crippen LogP contribution in [0.1, 0.15) is 23.4 Å². The average Bonchev–Trinajstić information content (AvgIpc) is 2.93. The topological polar surface area (TPSA) is 74.8 Å². The van der Waals surface area contributed by atoms with Gasteiger partial charge in [-0.2, -0.15) is 0 Å². The summed E-state index contributed by atoms with van der Waals surface area (Å²) in [5.41, 5.74) is 3.89. The van der Waals surface area contributed by atoms with Crippen molar-refractivity contribution >= 4 is 21.1 Å². The number of hydrogen-bond acceptors (Lipinski definition) is 3. The molecule has 0 spiro atoms. The molecule has 0 saturated carbocycles. The number of hydrogen-bond donors (Lipinski definition) is 2. The average molecular weight is 343 g/mol. The van der Waals surface area contributed by atoms with Crippen molar-refractivity contribution in [1.29, 1.82) is 0 Å². The molecule has 24 heavy (non-hydrogen) atoms. The highest BCUT2D eigenvalue weighted by Crippen LogP contribution is 2.13. The lowest BCUT2D eigenvalue weighted by molar-refractivity contribution is 0.578. The van der Waals surface area contributed by atoms with Crippen LogP contribution in [0.3, 0.4) is 0 Å². The van der Waals surface area contributed by atoms with E-state index in [0.717, 1.165) is 34.4 Å². The molecular formula is C18H21N3O2S. The molecule has 3 rings (SSSR count). The molecule has 1 heterocycles. The SMILES string of the molecule is Cc1nc2ccc(CNS(=O)(=O)CCCc3ccccc3)cc2[nH]1. The zero-order valence-electron chi connectivity index (χ0n) is 13.6. The molecule has 1 aromatic heterocycles. The predicted molar refractivity (Wildman–Crippen MR) is 96.2 cm³/mol. The van der Waals surface area contributed by atoms with E-state index in [1.807, 2.05) is 55.5 Å². The van der Waals surface area contributed by atoms with Crippen LogP contribution in [0.2, 0.25) is 0 Å². The molecule has 0 aliphatic carbocycles. The first-order chi connectivity index (χ1) is 11.5. The number of fused-ring (bicyclic) bond motifs is 1. The van der Waals surface area contributed by atoms with Crippen LogP contribution in [-0.2, 0) is 23.0 Å². The van der Waals surface area contributed by atoms with Crippen molar-refractivity contribution < 1.29 is 8.42 Å². The lowest BCUT2D eigenvalue weighted by Crippen LogP contribution is -2.26. The highest BCUT2D eigenvalue weighted by Gasteiger charge is 2.10. The molecule has 0 bridgehead atoms. The van der Waals surface area contributed by atoms with Gasteiger partial charge in [0.1, 0.15) is 5.82 Å². The number of imidazole rings is 1. The van der Waals surface area contributed by atoms with Crippen LogP contribution in [0, 0.1) is 6.92 Å². The van der Waals surface area contributed by atoms with E-state index in [9.17, 15) is 8.42 Å². The Bertz CT molecular complexity index is 918. The van der Waals surface area contributed by atoms with Crippen molar-refractivity contribution in [2.24, 2.45) is 0 Å². The first-order valence-corrected chi connectivity index (χ1v) is 9.63. The zero-order valence-corrected chi connectivity index (χ0v) is 14.4. The number of sulfonamides is 1. The highest BCUT2D eigenvalue weighted by atomic mass is 32.2. The van der Waals surface area contributed by atoms with Crippen LogP contribution in [-0.4, -0.2) is 24.1 Å². The number of aryl methyl sites for hydroxylation is 2. The standard InChI is InChI=1S/C18H21N3O2S/c1-14-20-17-10-9-16(12-18(17)21-14)13-19-24(22,23)11-5-8-15-6-3-2-4-7-15/h2-4,6-7,9-10,12,19H,5,8,11,13H2,1H3,(H,20,21). The Balaban J connectivity index is 1.53. The molecule has 0 atom stereocenters. The van der Waals surface area contributed by atoms with Gasteiger partial charge in [0.15, 0.2) is 0 Å². The predicted octanol–water partition coefficient (Wildman–Crippen LogP) is 2.92. The van der Waals surface area contributed by atoms with Gasteiger partial charge >= 0.3 is 0 Å². The molecule has 5 nitrogen and oxygen atoms in total.